The Balaban J connectivity index is 0.00000554. The van der Waals surface area contributed by atoms with Crippen LogP contribution in [0.3, 0.4) is 0 Å². The zero-order valence-corrected chi connectivity index (χ0v) is 30.5. The second kappa shape index (κ2) is 24.8. The number of carbonyl (C=O) groups excluding carboxylic acids is 7. The van der Waals surface area contributed by atoms with Crippen LogP contribution in [0.5, 0.6) is 0 Å². The Labute approximate surface area is 291 Å². The number of unbranched alkanes of at least 4 members (excludes halogenated alkanes) is 2. The van der Waals surface area contributed by atoms with Gasteiger partial charge in [0.1, 0.15) is 18.7 Å². The Bertz CT molecular complexity index is 1220. The van der Waals surface area contributed by atoms with Crippen LogP contribution >= 0.6 is 0 Å². The van der Waals surface area contributed by atoms with Crippen LogP contribution in [0.15, 0.2) is 24.3 Å². The predicted molar refractivity (Wildman–Crippen MR) is 188 cm³/mol. The maximum absolute atomic E-state index is 13.3. The summed E-state index contributed by atoms with van der Waals surface area (Å²) in [4.78, 5) is 86.6. The number of likely N-dealkylation sites (tertiary alicyclic amines) is 1. The van der Waals surface area contributed by atoms with E-state index in [4.69, 9.17) is 10.5 Å². The molecule has 0 aromatic heterocycles. The lowest BCUT2D eigenvalue weighted by molar-refractivity contribution is -0.142. The van der Waals surface area contributed by atoms with Gasteiger partial charge in [-0.05, 0) is 49.4 Å². The van der Waals surface area contributed by atoms with Crippen LogP contribution < -0.4 is 27.0 Å². The molecule has 14 heteroatoms. The number of rotatable bonds is 19. The minimum atomic E-state index is -1.00. The van der Waals surface area contributed by atoms with Gasteiger partial charge in [0.2, 0.25) is 35.4 Å². The number of anilines is 1. The van der Waals surface area contributed by atoms with Crippen molar-refractivity contribution < 1.29 is 38.3 Å². The van der Waals surface area contributed by atoms with E-state index in [1.807, 2.05) is 27.7 Å². The van der Waals surface area contributed by atoms with E-state index in [2.05, 4.69) is 21.3 Å². The lowest BCUT2D eigenvalue weighted by Crippen LogP contribution is -2.55. The lowest BCUT2D eigenvalue weighted by atomic mass is 10.0. The van der Waals surface area contributed by atoms with Gasteiger partial charge in [-0.2, -0.15) is 0 Å². The monoisotopic (exact) mass is 690 g/mol. The molecule has 0 radical (unpaired) electrons. The van der Waals surface area contributed by atoms with Gasteiger partial charge in [-0.15, -0.1) is 0 Å². The smallest absolute Gasteiger partial charge is 0.302 e. The summed E-state index contributed by atoms with van der Waals surface area (Å²) < 4.78 is 4.97. The highest BCUT2D eigenvalue weighted by Gasteiger charge is 2.35. The third kappa shape index (κ3) is 17.6. The summed E-state index contributed by atoms with van der Waals surface area (Å²) in [7, 11) is 0. The van der Waals surface area contributed by atoms with E-state index in [0.29, 0.717) is 31.5 Å². The van der Waals surface area contributed by atoms with Gasteiger partial charge in [0, 0.05) is 37.9 Å². The van der Waals surface area contributed by atoms with Crippen LogP contribution in [0.4, 0.5) is 5.69 Å². The minimum Gasteiger partial charge on any atom is -0.461 e. The summed E-state index contributed by atoms with van der Waals surface area (Å²) in [5.41, 5.74) is 6.35. The Morgan fingerprint density at radius 1 is 0.939 bits per heavy atom. The number of imide groups is 1. The number of benzene rings is 1. The number of nitrogens with two attached hydrogens (primary N) is 1. The van der Waals surface area contributed by atoms with Gasteiger partial charge in [0.15, 0.2) is 0 Å². The molecular formula is C35H58N6O8. The quantitative estimate of drug-likeness (QED) is 0.0821. The van der Waals surface area contributed by atoms with Gasteiger partial charge in [-0.3, -0.25) is 38.5 Å². The molecule has 1 fully saturated rings. The number of amides is 6. The molecule has 1 aliphatic rings. The first kappa shape index (κ1) is 44.7. The highest BCUT2D eigenvalue weighted by molar-refractivity contribution is 6.03. The maximum atomic E-state index is 13.3. The van der Waals surface area contributed by atoms with E-state index < -0.39 is 35.8 Å². The second-order valence-corrected chi connectivity index (χ2v) is 11.5. The zero-order chi connectivity index (χ0) is 37.5. The molecule has 0 bridgehead atoms. The molecule has 6 amide bonds. The Morgan fingerprint density at radius 3 is 2.10 bits per heavy atom. The molecule has 0 saturated carbocycles. The van der Waals surface area contributed by atoms with E-state index in [1.165, 1.54) is 11.8 Å². The molecule has 14 nitrogen and oxygen atoms in total. The molecule has 276 valence electrons. The average Bonchev–Trinajstić information content (AvgIpc) is 3.31. The van der Waals surface area contributed by atoms with Crippen LogP contribution in [-0.2, 0) is 44.9 Å². The van der Waals surface area contributed by atoms with Crippen LogP contribution in [0.25, 0.3) is 0 Å². The first-order valence-corrected chi connectivity index (χ1v) is 17.2. The van der Waals surface area contributed by atoms with Crippen molar-refractivity contribution in [2.75, 3.05) is 25.0 Å². The van der Waals surface area contributed by atoms with E-state index in [9.17, 15) is 33.6 Å². The third-order valence-electron chi connectivity index (χ3n) is 7.23. The number of carbonyl (C=O) groups is 7. The number of hydrogen-bond acceptors (Lipinski definition) is 9. The molecule has 2 rings (SSSR count). The molecule has 1 saturated heterocycles. The van der Waals surface area contributed by atoms with Crippen molar-refractivity contribution in [1.82, 2.24) is 20.9 Å². The van der Waals surface area contributed by atoms with Gasteiger partial charge in [-0.25, -0.2) is 0 Å². The van der Waals surface area contributed by atoms with Crippen molar-refractivity contribution in [3.63, 3.8) is 0 Å². The number of hydrogen-bond donors (Lipinski definition) is 5. The average molecular weight is 691 g/mol. The first-order valence-electron chi connectivity index (χ1n) is 17.2. The number of primary amides is 1. The van der Waals surface area contributed by atoms with E-state index in [-0.39, 0.29) is 68.5 Å². The summed E-state index contributed by atoms with van der Waals surface area (Å²) in [6.07, 6.45) is 2.25. The molecule has 1 aromatic rings. The van der Waals surface area contributed by atoms with Crippen LogP contribution in [0.1, 0.15) is 99.5 Å². The van der Waals surface area contributed by atoms with Crippen molar-refractivity contribution in [3.05, 3.63) is 29.8 Å². The van der Waals surface area contributed by atoms with Gasteiger partial charge in [0.05, 0.1) is 6.54 Å². The Kier molecular flexibility index (Phi) is 22.6. The Morgan fingerprint density at radius 2 is 1.57 bits per heavy atom. The van der Waals surface area contributed by atoms with Gasteiger partial charge in [0.25, 0.3) is 0 Å². The summed E-state index contributed by atoms with van der Waals surface area (Å²) >= 11 is 0. The summed E-state index contributed by atoms with van der Waals surface area (Å²) in [6.45, 7) is 15.1. The normalized spacial score (nSPS) is 14.8. The first-order chi connectivity index (χ1) is 23.3. The lowest BCUT2D eigenvalue weighted by Gasteiger charge is -2.25. The molecule has 1 aromatic carbocycles. The fourth-order valence-corrected chi connectivity index (χ4v) is 4.68. The number of ether oxygens (including phenoxy) is 1. The zero-order valence-electron chi connectivity index (χ0n) is 30.5. The van der Waals surface area contributed by atoms with Crippen molar-refractivity contribution in [2.24, 2.45) is 17.6 Å². The molecular weight excluding hydrogens is 632 g/mol. The summed E-state index contributed by atoms with van der Waals surface area (Å²) in [6, 6.07) is 4.75. The molecule has 0 spiro atoms. The largest absolute Gasteiger partial charge is 0.461 e. The molecule has 49 heavy (non-hydrogen) atoms. The number of nitrogens with one attached hydrogen (secondary N) is 4. The topological polar surface area (TPSA) is 206 Å². The van der Waals surface area contributed by atoms with Crippen molar-refractivity contribution in [2.45, 2.75) is 113 Å². The fourth-order valence-electron chi connectivity index (χ4n) is 4.68. The second-order valence-electron chi connectivity index (χ2n) is 11.5. The summed E-state index contributed by atoms with van der Waals surface area (Å²) in [5.74, 6) is -3.25. The van der Waals surface area contributed by atoms with Crippen LogP contribution in [0, 0.1) is 11.8 Å². The Hall–Kier alpha value is -4.33. The predicted octanol–water partition coefficient (Wildman–Crippen LogP) is 2.79. The molecule has 3 unspecified atom stereocenters. The van der Waals surface area contributed by atoms with E-state index in [1.54, 1.807) is 45.0 Å². The SMILES string of the molecule is CC.CC.CC(=O)OCc1ccc(NC(=O)C(CCNCC(N)=O)NC(=O)C(NC(=O)CCCCCN2C(=O)CC(C)C2=O)C(C)C)cc1. The van der Waals surface area contributed by atoms with Crippen molar-refractivity contribution in [3.8, 4) is 0 Å². The van der Waals surface area contributed by atoms with Gasteiger partial charge < -0.3 is 31.7 Å². The molecule has 3 atom stereocenters. The van der Waals surface area contributed by atoms with E-state index in [0.717, 1.165) is 5.56 Å². The summed E-state index contributed by atoms with van der Waals surface area (Å²) in [5, 5.41) is 11.1. The maximum Gasteiger partial charge on any atom is 0.302 e. The number of esters is 1. The van der Waals surface area contributed by atoms with E-state index >= 15 is 0 Å². The highest BCUT2D eigenvalue weighted by atomic mass is 16.5. The third-order valence-corrected chi connectivity index (χ3v) is 7.23. The van der Waals surface area contributed by atoms with Crippen molar-refractivity contribution >= 4 is 47.1 Å². The van der Waals surface area contributed by atoms with Gasteiger partial charge >= 0.3 is 5.97 Å². The molecule has 1 heterocycles. The van der Waals surface area contributed by atoms with Crippen LogP contribution in [-0.4, -0.2) is 78.0 Å². The molecule has 6 N–H and O–H groups in total. The number of nitrogens with zero attached hydrogens (tertiary/aromatic N) is 1. The standard InChI is InChI=1S/C31H46N6O8.2C2H6/c1-19(2)28(36-26(40)8-6-5-7-15-37-27(41)16-20(3)31(37)44)30(43)35-24(13-14-33-17-25(32)39)29(42)34-23-11-9-22(10-12-23)18-45-21(4)38;2*1-2/h9-12,19-20,24,28,33H,5-8,13-18H2,1-4H3,(H2,32,39)(H,34,42)(H,35,43)(H,36,40);2*1-2H3. The minimum absolute atomic E-state index is 0.0933. The van der Waals surface area contributed by atoms with Crippen molar-refractivity contribution in [1.29, 1.82) is 0 Å². The molecule has 1 aliphatic heterocycles. The van der Waals surface area contributed by atoms with Crippen LogP contribution in [0.2, 0.25) is 0 Å². The van der Waals surface area contributed by atoms with Gasteiger partial charge in [-0.1, -0.05) is 67.0 Å². The molecule has 0 aliphatic carbocycles. The fraction of sp³-hybridized carbons (Fsp3) is 0.629. The highest BCUT2D eigenvalue weighted by Crippen LogP contribution is 2.19.